The molecule has 4 rings (SSSR count). The van der Waals surface area contributed by atoms with E-state index >= 15 is 0 Å². The van der Waals surface area contributed by atoms with Crippen molar-refractivity contribution < 1.29 is 9.62 Å². The highest BCUT2D eigenvalue weighted by atomic mass is 16.5. The van der Waals surface area contributed by atoms with Crippen LogP contribution in [0.25, 0.3) is 22.1 Å². The summed E-state index contributed by atoms with van der Waals surface area (Å²) in [5.74, 6) is 0. The van der Waals surface area contributed by atoms with E-state index < -0.39 is 11.2 Å². The average Bonchev–Trinajstić information content (AvgIpc) is 3.00. The van der Waals surface area contributed by atoms with E-state index in [9.17, 15) is 14.8 Å². The minimum Gasteiger partial charge on any atom is -0.448 e. The first-order chi connectivity index (χ1) is 11.6. The van der Waals surface area contributed by atoms with Crippen LogP contribution in [0.3, 0.4) is 0 Å². The molecule has 120 valence electrons. The molecular formula is C18H14N2O4. The van der Waals surface area contributed by atoms with E-state index in [0.717, 1.165) is 5.56 Å². The Morgan fingerprint density at radius 3 is 2.42 bits per heavy atom. The van der Waals surface area contributed by atoms with Crippen molar-refractivity contribution in [2.75, 3.05) is 0 Å². The number of benzene rings is 2. The Kier molecular flexibility index (Phi) is 3.06. The number of hydrogen-bond acceptors (Lipinski definition) is 4. The molecule has 1 unspecified atom stereocenters. The predicted molar refractivity (Wildman–Crippen MR) is 89.7 cm³/mol. The molecule has 2 aromatic carbocycles. The van der Waals surface area contributed by atoms with Crippen molar-refractivity contribution in [1.29, 1.82) is 0 Å². The fraction of sp³-hybridized carbons (Fsp3) is 0.111. The molecule has 0 aliphatic carbocycles. The van der Waals surface area contributed by atoms with Gasteiger partial charge in [-0.3, -0.25) is 9.36 Å². The van der Waals surface area contributed by atoms with Gasteiger partial charge in [0.05, 0.1) is 6.04 Å². The monoisotopic (exact) mass is 322 g/mol. The first-order valence-electron chi connectivity index (χ1n) is 7.52. The van der Waals surface area contributed by atoms with Gasteiger partial charge in [0.2, 0.25) is 5.58 Å². The largest absolute Gasteiger partial charge is 0.448 e. The van der Waals surface area contributed by atoms with Crippen LogP contribution in [0.2, 0.25) is 0 Å². The maximum atomic E-state index is 12.6. The number of nitrogens with zero attached hydrogens (tertiary/aromatic N) is 2. The van der Waals surface area contributed by atoms with E-state index in [-0.39, 0.29) is 16.4 Å². The molecule has 2 aromatic heterocycles. The van der Waals surface area contributed by atoms with Crippen LogP contribution in [0.5, 0.6) is 0 Å². The summed E-state index contributed by atoms with van der Waals surface area (Å²) in [6, 6.07) is 16.1. The molecular weight excluding hydrogens is 308 g/mol. The van der Waals surface area contributed by atoms with E-state index in [1.807, 2.05) is 43.3 Å². The summed E-state index contributed by atoms with van der Waals surface area (Å²) in [7, 11) is 0. The second kappa shape index (κ2) is 5.13. The van der Waals surface area contributed by atoms with Crippen LogP contribution in [-0.4, -0.2) is 14.5 Å². The lowest BCUT2D eigenvalue weighted by Gasteiger charge is -2.17. The highest BCUT2D eigenvalue weighted by Gasteiger charge is 2.23. The molecule has 6 heteroatoms. The fourth-order valence-electron chi connectivity index (χ4n) is 3.04. The quantitative estimate of drug-likeness (QED) is 0.576. The van der Waals surface area contributed by atoms with Crippen molar-refractivity contribution in [2.24, 2.45) is 0 Å². The maximum absolute atomic E-state index is 12.6. The van der Waals surface area contributed by atoms with Gasteiger partial charge >= 0.3 is 11.2 Å². The normalized spacial score (nSPS) is 12.7. The van der Waals surface area contributed by atoms with Gasteiger partial charge in [0.15, 0.2) is 0 Å². The third-order valence-electron chi connectivity index (χ3n) is 4.25. The van der Waals surface area contributed by atoms with Crippen molar-refractivity contribution in [2.45, 2.75) is 13.0 Å². The van der Waals surface area contributed by atoms with Gasteiger partial charge in [0.1, 0.15) is 11.1 Å². The number of para-hydroxylation sites is 1. The fourth-order valence-corrected chi connectivity index (χ4v) is 3.04. The van der Waals surface area contributed by atoms with E-state index in [4.69, 9.17) is 4.42 Å². The van der Waals surface area contributed by atoms with Gasteiger partial charge in [0.25, 0.3) is 0 Å². The van der Waals surface area contributed by atoms with E-state index in [0.29, 0.717) is 16.5 Å². The average molecular weight is 322 g/mol. The summed E-state index contributed by atoms with van der Waals surface area (Å²) in [6.45, 7) is 1.84. The van der Waals surface area contributed by atoms with Gasteiger partial charge < -0.3 is 9.62 Å². The zero-order chi connectivity index (χ0) is 16.8. The van der Waals surface area contributed by atoms with E-state index in [1.54, 1.807) is 18.2 Å². The summed E-state index contributed by atoms with van der Waals surface area (Å²) < 4.78 is 7.08. The molecule has 1 atom stereocenters. The van der Waals surface area contributed by atoms with Crippen LogP contribution >= 0.6 is 0 Å². The Morgan fingerprint density at radius 1 is 1.00 bits per heavy atom. The Bertz CT molecular complexity index is 1170. The molecule has 6 nitrogen and oxygen atoms in total. The third-order valence-corrected chi connectivity index (χ3v) is 4.25. The first-order valence-corrected chi connectivity index (χ1v) is 7.52. The molecule has 1 N–H and O–H groups in total. The van der Waals surface area contributed by atoms with Crippen molar-refractivity contribution in [3.8, 4) is 0 Å². The zero-order valence-electron chi connectivity index (χ0n) is 12.8. The standard InChI is InChI=1S/C18H14N2O4/c1-11(12-7-3-2-4-8-12)19-15-13-9-5-6-10-14(13)24-16(15)17(21)20(23)18(19)22/h2-11,23H,1H3. The van der Waals surface area contributed by atoms with Crippen LogP contribution in [0.15, 0.2) is 68.6 Å². The van der Waals surface area contributed by atoms with E-state index in [2.05, 4.69) is 0 Å². The highest BCUT2D eigenvalue weighted by Crippen LogP contribution is 2.28. The predicted octanol–water partition coefficient (Wildman–Crippen LogP) is 2.76. The van der Waals surface area contributed by atoms with Crippen LogP contribution in [0.1, 0.15) is 18.5 Å². The second-order valence-corrected chi connectivity index (χ2v) is 5.63. The topological polar surface area (TPSA) is 77.4 Å². The summed E-state index contributed by atoms with van der Waals surface area (Å²) >= 11 is 0. The SMILES string of the molecule is CC(c1ccccc1)n1c(=O)n(O)c(=O)c2oc3ccccc3c21. The van der Waals surface area contributed by atoms with Gasteiger partial charge in [-0.25, -0.2) is 4.79 Å². The Hall–Kier alpha value is -3.28. The number of rotatable bonds is 2. The lowest BCUT2D eigenvalue weighted by molar-refractivity contribution is 0.155. The molecule has 0 aliphatic heterocycles. The van der Waals surface area contributed by atoms with Gasteiger partial charge in [-0.1, -0.05) is 47.2 Å². The molecule has 24 heavy (non-hydrogen) atoms. The minimum absolute atomic E-state index is 0.0407. The van der Waals surface area contributed by atoms with Crippen molar-refractivity contribution in [1.82, 2.24) is 9.30 Å². The van der Waals surface area contributed by atoms with Gasteiger partial charge in [-0.2, -0.15) is 0 Å². The number of hydrogen-bond donors (Lipinski definition) is 1. The number of furan rings is 1. The Morgan fingerprint density at radius 2 is 1.67 bits per heavy atom. The first kappa shape index (κ1) is 14.3. The summed E-state index contributed by atoms with van der Waals surface area (Å²) in [4.78, 5) is 24.8. The highest BCUT2D eigenvalue weighted by molar-refractivity contribution is 6.02. The molecule has 0 saturated heterocycles. The molecule has 0 radical (unpaired) electrons. The van der Waals surface area contributed by atoms with Crippen LogP contribution < -0.4 is 11.2 Å². The summed E-state index contributed by atoms with van der Waals surface area (Å²) in [5.41, 5.74) is 0.0653. The lowest BCUT2D eigenvalue weighted by Crippen LogP contribution is -2.39. The van der Waals surface area contributed by atoms with E-state index in [1.165, 1.54) is 4.57 Å². The second-order valence-electron chi connectivity index (χ2n) is 5.63. The Labute approximate surface area is 135 Å². The molecule has 0 aliphatic rings. The van der Waals surface area contributed by atoms with Gasteiger partial charge in [-0.05, 0) is 24.6 Å². The summed E-state index contributed by atoms with van der Waals surface area (Å²) in [6.07, 6.45) is 0. The van der Waals surface area contributed by atoms with Gasteiger partial charge in [0, 0.05) is 5.39 Å². The minimum atomic E-state index is -0.859. The molecule has 0 amide bonds. The van der Waals surface area contributed by atoms with Crippen LogP contribution in [-0.2, 0) is 0 Å². The van der Waals surface area contributed by atoms with Crippen LogP contribution in [0, 0.1) is 0 Å². The molecule has 2 heterocycles. The molecule has 0 bridgehead atoms. The van der Waals surface area contributed by atoms with Crippen molar-refractivity contribution >= 4 is 22.1 Å². The molecule has 0 spiro atoms. The van der Waals surface area contributed by atoms with Gasteiger partial charge in [-0.15, -0.1) is 0 Å². The lowest BCUT2D eigenvalue weighted by atomic mass is 10.1. The van der Waals surface area contributed by atoms with Crippen LogP contribution in [0.4, 0.5) is 0 Å². The van der Waals surface area contributed by atoms with Crippen molar-refractivity contribution in [3.63, 3.8) is 0 Å². The Balaban J connectivity index is 2.18. The zero-order valence-corrected chi connectivity index (χ0v) is 12.8. The van der Waals surface area contributed by atoms with Crippen molar-refractivity contribution in [3.05, 3.63) is 81.0 Å². The maximum Gasteiger partial charge on any atom is 0.365 e. The molecule has 0 saturated carbocycles. The third kappa shape index (κ3) is 1.89. The smallest absolute Gasteiger partial charge is 0.365 e. The molecule has 0 fully saturated rings. The summed E-state index contributed by atoms with van der Waals surface area (Å²) in [5, 5.41) is 10.6. The molecule has 4 aromatic rings. The number of fused-ring (bicyclic) bond motifs is 3. The number of aromatic nitrogens is 2.